The molecular weight excluding hydrogens is 332 g/mol. The molecule has 2 aromatic heterocycles. The maximum Gasteiger partial charge on any atom is 0.269 e. The highest BCUT2D eigenvalue weighted by molar-refractivity contribution is 7.16. The topological polar surface area (TPSA) is 58.1 Å². The quantitative estimate of drug-likeness (QED) is 0.787. The number of carbonyl (C=O) groups is 1. The summed E-state index contributed by atoms with van der Waals surface area (Å²) in [6, 6.07) is 10.4. The molecule has 1 aliphatic rings. The Morgan fingerprint density at radius 1 is 1.24 bits per heavy atom. The van der Waals surface area contributed by atoms with E-state index < -0.39 is 0 Å². The highest BCUT2D eigenvalue weighted by Gasteiger charge is 2.17. The first-order chi connectivity index (χ1) is 12.2. The minimum atomic E-state index is -0.125. The summed E-state index contributed by atoms with van der Waals surface area (Å²) < 4.78 is 1.23. The van der Waals surface area contributed by atoms with E-state index in [9.17, 15) is 4.79 Å². The van der Waals surface area contributed by atoms with Gasteiger partial charge in [0.15, 0.2) is 0 Å². The van der Waals surface area contributed by atoms with Crippen molar-refractivity contribution in [1.82, 2.24) is 20.2 Å². The van der Waals surface area contributed by atoms with Gasteiger partial charge in [-0.2, -0.15) is 0 Å². The van der Waals surface area contributed by atoms with Gasteiger partial charge in [0, 0.05) is 38.8 Å². The first kappa shape index (κ1) is 16.2. The minimum absolute atomic E-state index is 0.125. The Morgan fingerprint density at radius 2 is 2.12 bits per heavy atom. The van der Waals surface area contributed by atoms with Gasteiger partial charge in [-0.3, -0.25) is 9.69 Å². The van der Waals surface area contributed by atoms with Gasteiger partial charge >= 0.3 is 0 Å². The Labute approximate surface area is 150 Å². The van der Waals surface area contributed by atoms with E-state index >= 15 is 0 Å². The molecule has 3 aromatic rings. The van der Waals surface area contributed by atoms with E-state index in [1.165, 1.54) is 15.8 Å². The highest BCUT2D eigenvalue weighted by Crippen LogP contribution is 2.21. The molecule has 3 heterocycles. The third-order valence-corrected chi connectivity index (χ3v) is 5.50. The van der Waals surface area contributed by atoms with Crippen molar-refractivity contribution >= 4 is 27.5 Å². The Bertz CT molecular complexity index is 921. The van der Waals surface area contributed by atoms with Gasteiger partial charge in [0.2, 0.25) is 0 Å². The Hall–Kier alpha value is -2.31. The lowest BCUT2D eigenvalue weighted by atomic mass is 10.1. The number of nitrogens with one attached hydrogen (secondary N) is 1. The zero-order valence-electron chi connectivity index (χ0n) is 14.2. The van der Waals surface area contributed by atoms with E-state index in [0.29, 0.717) is 5.69 Å². The van der Waals surface area contributed by atoms with Crippen LogP contribution in [0.3, 0.4) is 0 Å². The van der Waals surface area contributed by atoms with Crippen molar-refractivity contribution in [3.63, 3.8) is 0 Å². The monoisotopic (exact) mass is 352 g/mol. The molecule has 6 heteroatoms. The van der Waals surface area contributed by atoms with Crippen LogP contribution in [-0.4, -0.2) is 40.9 Å². The van der Waals surface area contributed by atoms with Crippen LogP contribution in [0.2, 0.25) is 0 Å². The number of carbonyl (C=O) groups excluding carboxylic acids is 1. The Kier molecular flexibility index (Phi) is 4.46. The second kappa shape index (κ2) is 6.90. The number of aromatic nitrogens is 2. The number of fused-ring (bicyclic) bond motifs is 2. The third kappa shape index (κ3) is 3.41. The summed E-state index contributed by atoms with van der Waals surface area (Å²) in [6.07, 6.45) is 1.84. The van der Waals surface area contributed by atoms with Crippen LogP contribution in [0, 0.1) is 0 Å². The van der Waals surface area contributed by atoms with Crippen LogP contribution in [0.1, 0.15) is 27.3 Å². The molecule has 0 fully saturated rings. The molecule has 0 saturated carbocycles. The number of hydrogen-bond acceptors (Lipinski definition) is 5. The summed E-state index contributed by atoms with van der Waals surface area (Å²) in [4.78, 5) is 23.2. The summed E-state index contributed by atoms with van der Waals surface area (Å²) in [6.45, 7) is 2.87. The van der Waals surface area contributed by atoms with Crippen molar-refractivity contribution in [3.8, 4) is 0 Å². The lowest BCUT2D eigenvalue weighted by molar-refractivity contribution is 0.0958. The van der Waals surface area contributed by atoms with Crippen LogP contribution in [0.25, 0.3) is 10.2 Å². The summed E-state index contributed by atoms with van der Waals surface area (Å²) >= 11 is 1.68. The van der Waals surface area contributed by atoms with Gasteiger partial charge in [0.25, 0.3) is 5.91 Å². The molecule has 1 aromatic carbocycles. The van der Waals surface area contributed by atoms with Crippen molar-refractivity contribution in [2.45, 2.75) is 19.4 Å². The zero-order valence-corrected chi connectivity index (χ0v) is 15.0. The first-order valence-electron chi connectivity index (χ1n) is 8.48. The molecule has 1 aliphatic heterocycles. The molecular formula is C19H20N4OS. The number of hydrogen-bond donors (Lipinski definition) is 1. The highest BCUT2D eigenvalue weighted by atomic mass is 32.1. The van der Waals surface area contributed by atoms with Gasteiger partial charge in [0.05, 0.1) is 15.7 Å². The summed E-state index contributed by atoms with van der Waals surface area (Å²) in [5.74, 6) is -0.125. The van der Waals surface area contributed by atoms with Crippen LogP contribution in [0.15, 0.2) is 35.8 Å². The Balaban J connectivity index is 1.48. The third-order valence-electron chi connectivity index (χ3n) is 4.69. The van der Waals surface area contributed by atoms with Crippen molar-refractivity contribution in [2.75, 3.05) is 20.1 Å². The van der Waals surface area contributed by atoms with E-state index in [-0.39, 0.29) is 5.91 Å². The van der Waals surface area contributed by atoms with Crippen LogP contribution in [-0.2, 0) is 19.4 Å². The van der Waals surface area contributed by atoms with Gasteiger partial charge < -0.3 is 5.32 Å². The van der Waals surface area contributed by atoms with Crippen LogP contribution in [0.5, 0.6) is 0 Å². The fourth-order valence-electron chi connectivity index (χ4n) is 3.30. The second-order valence-corrected chi connectivity index (χ2v) is 7.20. The summed E-state index contributed by atoms with van der Waals surface area (Å²) in [7, 11) is 1.64. The van der Waals surface area contributed by atoms with Crippen molar-refractivity contribution in [1.29, 1.82) is 0 Å². The second-order valence-electron chi connectivity index (χ2n) is 6.31. The van der Waals surface area contributed by atoms with Crippen molar-refractivity contribution in [3.05, 3.63) is 58.4 Å². The molecule has 0 saturated heterocycles. The molecule has 0 bridgehead atoms. The normalized spacial score (nSPS) is 14.9. The lowest BCUT2D eigenvalue weighted by Crippen LogP contribution is -2.26. The fraction of sp³-hybridized carbons (Fsp3) is 0.316. The van der Waals surface area contributed by atoms with Gasteiger partial charge in [-0.05, 0) is 35.7 Å². The van der Waals surface area contributed by atoms with Gasteiger partial charge in [0.1, 0.15) is 5.69 Å². The number of benzene rings is 1. The first-order valence-corrected chi connectivity index (χ1v) is 9.36. The number of amides is 1. The molecule has 0 unspecified atom stereocenters. The molecule has 5 nitrogen and oxygen atoms in total. The molecule has 128 valence electrons. The SMILES string of the molecule is CNC(=O)c1ccc2c(n1)CCN(Cc1ccc3scnc3c1)CC2. The zero-order chi connectivity index (χ0) is 17.2. The van der Waals surface area contributed by atoms with E-state index in [1.807, 2.05) is 11.6 Å². The smallest absolute Gasteiger partial charge is 0.269 e. The van der Waals surface area contributed by atoms with Crippen molar-refractivity contribution in [2.24, 2.45) is 0 Å². The van der Waals surface area contributed by atoms with Gasteiger partial charge in [-0.15, -0.1) is 11.3 Å². The molecule has 0 spiro atoms. The van der Waals surface area contributed by atoms with Crippen LogP contribution in [0.4, 0.5) is 0 Å². The predicted octanol–water partition coefficient (Wildman–Crippen LogP) is 2.65. The molecule has 4 rings (SSSR count). The Morgan fingerprint density at radius 3 is 3.00 bits per heavy atom. The van der Waals surface area contributed by atoms with Crippen LogP contribution >= 0.6 is 11.3 Å². The van der Waals surface area contributed by atoms with E-state index in [1.54, 1.807) is 18.4 Å². The molecule has 1 N–H and O–H groups in total. The van der Waals surface area contributed by atoms with Gasteiger partial charge in [-0.1, -0.05) is 12.1 Å². The number of thiazole rings is 1. The molecule has 25 heavy (non-hydrogen) atoms. The van der Waals surface area contributed by atoms with E-state index in [4.69, 9.17) is 0 Å². The van der Waals surface area contributed by atoms with E-state index in [2.05, 4.69) is 44.5 Å². The maximum atomic E-state index is 11.8. The largest absolute Gasteiger partial charge is 0.354 e. The number of pyridine rings is 1. The summed E-state index contributed by atoms with van der Waals surface area (Å²) in [5, 5.41) is 2.64. The molecule has 0 aliphatic carbocycles. The maximum absolute atomic E-state index is 11.8. The molecule has 0 radical (unpaired) electrons. The number of rotatable bonds is 3. The lowest BCUT2D eigenvalue weighted by Gasteiger charge is -2.19. The average Bonchev–Trinajstić information content (AvgIpc) is 3.02. The number of nitrogens with zero attached hydrogens (tertiary/aromatic N) is 3. The summed E-state index contributed by atoms with van der Waals surface area (Å²) in [5.41, 5.74) is 7.08. The van der Waals surface area contributed by atoms with Crippen molar-refractivity contribution < 1.29 is 4.79 Å². The van der Waals surface area contributed by atoms with Crippen LogP contribution < -0.4 is 5.32 Å². The standard InChI is InChI=1S/C19H20N4OS/c1-20-19(24)16-4-3-14-6-8-23(9-7-15(14)22-16)11-13-2-5-18-17(10-13)21-12-25-18/h2-5,10,12H,6-9,11H2,1H3,(H,20,24). The van der Waals surface area contributed by atoms with Gasteiger partial charge in [-0.25, -0.2) is 9.97 Å². The average molecular weight is 352 g/mol. The fourth-order valence-corrected chi connectivity index (χ4v) is 3.96. The molecule has 1 amide bonds. The predicted molar refractivity (Wildman–Crippen MR) is 99.9 cm³/mol. The molecule has 0 atom stereocenters. The van der Waals surface area contributed by atoms with E-state index in [0.717, 1.165) is 43.7 Å². The minimum Gasteiger partial charge on any atom is -0.354 e.